The molecular formula is C40H21N5O. The van der Waals surface area contributed by atoms with E-state index in [1.807, 2.05) is 48.5 Å². The van der Waals surface area contributed by atoms with Crippen molar-refractivity contribution in [3.63, 3.8) is 0 Å². The number of nitrogens with zero attached hydrogens (tertiary/aromatic N) is 5. The Morgan fingerprint density at radius 1 is 0.609 bits per heavy atom. The first kappa shape index (κ1) is 25.7. The second-order valence-electron chi connectivity index (χ2n) is 11.2. The summed E-state index contributed by atoms with van der Waals surface area (Å²) in [5.41, 5.74) is 8.56. The van der Waals surface area contributed by atoms with Crippen LogP contribution in [0.3, 0.4) is 0 Å². The molecule has 0 N–H and O–H groups in total. The molecule has 1 aliphatic heterocycles. The molecule has 0 aliphatic carbocycles. The lowest BCUT2D eigenvalue weighted by atomic mass is 9.95. The van der Waals surface area contributed by atoms with Gasteiger partial charge in [0.15, 0.2) is 11.5 Å². The molecule has 1 aromatic heterocycles. The number of para-hydroxylation sites is 4. The van der Waals surface area contributed by atoms with Gasteiger partial charge in [0.2, 0.25) is 5.69 Å². The zero-order chi connectivity index (χ0) is 30.8. The minimum Gasteiger partial charge on any atom is -0.453 e. The summed E-state index contributed by atoms with van der Waals surface area (Å²) in [5.74, 6) is 1.65. The van der Waals surface area contributed by atoms with Gasteiger partial charge in [0.1, 0.15) is 0 Å². The van der Waals surface area contributed by atoms with Crippen LogP contribution in [0.5, 0.6) is 11.5 Å². The number of aromatic nitrogens is 2. The molecule has 1 aliphatic rings. The maximum Gasteiger partial charge on any atom is 0.206 e. The van der Waals surface area contributed by atoms with E-state index in [2.05, 4.69) is 82.5 Å². The van der Waals surface area contributed by atoms with E-state index in [4.69, 9.17) is 21.3 Å². The Hall–Kier alpha value is -6.76. The first-order valence-corrected chi connectivity index (χ1v) is 14.8. The highest BCUT2D eigenvalue weighted by Gasteiger charge is 2.25. The summed E-state index contributed by atoms with van der Waals surface area (Å²) < 4.78 is 6.20. The predicted molar refractivity (Wildman–Crippen MR) is 183 cm³/mol. The molecule has 0 bridgehead atoms. The number of rotatable bonds is 2. The Balaban J connectivity index is 1.20. The number of fused-ring (bicyclic) bond motifs is 9. The average Bonchev–Trinajstić information content (AvgIpc) is 3.12. The molecule has 0 unspecified atom stereocenters. The zero-order valence-corrected chi connectivity index (χ0v) is 24.3. The summed E-state index contributed by atoms with van der Waals surface area (Å²) >= 11 is 0. The second kappa shape index (κ2) is 9.89. The first-order chi connectivity index (χ1) is 22.7. The minimum atomic E-state index is 0.281. The van der Waals surface area contributed by atoms with E-state index < -0.39 is 0 Å². The number of hydrogen-bond donors (Lipinski definition) is 0. The summed E-state index contributed by atoms with van der Waals surface area (Å²) in [7, 11) is 0. The minimum absolute atomic E-state index is 0.281. The lowest BCUT2D eigenvalue weighted by molar-refractivity contribution is 0.477. The molecule has 0 saturated heterocycles. The molecule has 0 radical (unpaired) electrons. The van der Waals surface area contributed by atoms with E-state index in [1.54, 1.807) is 12.1 Å². The molecule has 0 spiro atoms. The summed E-state index contributed by atoms with van der Waals surface area (Å²) in [5, 5.41) is 13.7. The van der Waals surface area contributed by atoms with Crippen LogP contribution in [0.1, 0.15) is 5.56 Å². The van der Waals surface area contributed by atoms with Gasteiger partial charge in [-0.25, -0.2) is 14.8 Å². The average molecular weight is 588 g/mol. The monoisotopic (exact) mass is 587 g/mol. The zero-order valence-electron chi connectivity index (χ0n) is 24.3. The van der Waals surface area contributed by atoms with Crippen LogP contribution in [-0.4, -0.2) is 9.97 Å². The van der Waals surface area contributed by atoms with E-state index in [1.165, 1.54) is 0 Å². The van der Waals surface area contributed by atoms with Gasteiger partial charge in [-0.15, -0.1) is 0 Å². The van der Waals surface area contributed by atoms with Gasteiger partial charge in [-0.2, -0.15) is 5.26 Å². The van der Waals surface area contributed by atoms with Crippen LogP contribution in [0.4, 0.5) is 22.7 Å². The molecule has 212 valence electrons. The molecule has 0 amide bonds. The number of ether oxygens (including phenoxy) is 1. The normalized spacial score (nSPS) is 12.0. The van der Waals surface area contributed by atoms with Gasteiger partial charge >= 0.3 is 0 Å². The maximum atomic E-state index is 9.57. The van der Waals surface area contributed by atoms with Gasteiger partial charge < -0.3 is 9.64 Å². The highest BCUT2D eigenvalue weighted by molar-refractivity contribution is 6.24. The fourth-order valence-electron chi connectivity index (χ4n) is 6.51. The SMILES string of the molecule is [C-]#[N+]c1cc2nc3c4ccc(-c5ccc(N6c7ccccc7Oc7ccccc76)cc5)cc4c4ccccc4c3nc2cc1C#N. The number of nitriles is 1. The molecule has 46 heavy (non-hydrogen) atoms. The first-order valence-electron chi connectivity index (χ1n) is 14.8. The molecule has 7 aromatic carbocycles. The fraction of sp³-hybridized carbons (Fsp3) is 0. The smallest absolute Gasteiger partial charge is 0.206 e. The standard InChI is InChI=1S/C40H21N5O/c1-42-32-22-34-33(21-26(32)23-41)43-39-29-9-3-2-8-28(29)31-20-25(16-19-30(31)40(39)44-34)24-14-17-27(18-15-24)45-35-10-4-6-12-37(35)46-38-13-7-5-11-36(38)45/h2-22H. The van der Waals surface area contributed by atoms with Crippen LogP contribution in [-0.2, 0) is 0 Å². The second-order valence-corrected chi connectivity index (χ2v) is 11.2. The quantitative estimate of drug-likeness (QED) is 0.114. The van der Waals surface area contributed by atoms with Gasteiger partial charge in [0.05, 0.1) is 51.6 Å². The molecule has 8 aromatic rings. The lowest BCUT2D eigenvalue weighted by Crippen LogP contribution is -2.15. The molecule has 2 heterocycles. The predicted octanol–water partition coefficient (Wildman–Crippen LogP) is 10.8. The van der Waals surface area contributed by atoms with E-state index in [9.17, 15) is 5.26 Å². The van der Waals surface area contributed by atoms with Crippen molar-refractivity contribution in [2.24, 2.45) is 0 Å². The fourth-order valence-corrected chi connectivity index (χ4v) is 6.51. The van der Waals surface area contributed by atoms with Crippen LogP contribution < -0.4 is 9.64 Å². The largest absolute Gasteiger partial charge is 0.453 e. The third kappa shape index (κ3) is 3.81. The van der Waals surface area contributed by atoms with Gasteiger partial charge in [0, 0.05) is 16.5 Å². The van der Waals surface area contributed by atoms with E-state index in [0.717, 1.165) is 72.3 Å². The molecule has 6 nitrogen and oxygen atoms in total. The molecule has 0 saturated carbocycles. The summed E-state index contributed by atoms with van der Waals surface area (Å²) in [4.78, 5) is 15.8. The number of anilines is 3. The van der Waals surface area contributed by atoms with Crippen LogP contribution in [0.2, 0.25) is 0 Å². The van der Waals surface area contributed by atoms with Crippen molar-refractivity contribution < 1.29 is 4.74 Å². The highest BCUT2D eigenvalue weighted by Crippen LogP contribution is 2.50. The third-order valence-corrected chi connectivity index (χ3v) is 8.66. The van der Waals surface area contributed by atoms with Crippen molar-refractivity contribution in [2.75, 3.05) is 4.90 Å². The summed E-state index contributed by atoms with van der Waals surface area (Å²) in [6.07, 6.45) is 0. The molecule has 9 rings (SSSR count). The lowest BCUT2D eigenvalue weighted by Gasteiger charge is -2.32. The summed E-state index contributed by atoms with van der Waals surface area (Å²) in [6.45, 7) is 7.52. The Bertz CT molecular complexity index is 2600. The van der Waals surface area contributed by atoms with Crippen LogP contribution >= 0.6 is 0 Å². The van der Waals surface area contributed by atoms with Crippen LogP contribution in [0.25, 0.3) is 59.6 Å². The third-order valence-electron chi connectivity index (χ3n) is 8.66. The van der Waals surface area contributed by atoms with Crippen molar-refractivity contribution in [2.45, 2.75) is 0 Å². The molecule has 6 heteroatoms. The molecule has 0 atom stereocenters. The van der Waals surface area contributed by atoms with Crippen LogP contribution in [0.15, 0.2) is 127 Å². The Kier molecular flexibility index (Phi) is 5.53. The molecule has 0 fully saturated rings. The van der Waals surface area contributed by atoms with Gasteiger partial charge in [-0.05, 0) is 76.5 Å². The summed E-state index contributed by atoms with van der Waals surface area (Å²) in [6, 6.07) is 44.9. The van der Waals surface area contributed by atoms with E-state index in [0.29, 0.717) is 16.6 Å². The number of hydrogen-bond acceptors (Lipinski definition) is 5. The van der Waals surface area contributed by atoms with Crippen molar-refractivity contribution in [1.82, 2.24) is 9.97 Å². The van der Waals surface area contributed by atoms with Gasteiger partial charge in [0.25, 0.3) is 0 Å². The van der Waals surface area contributed by atoms with Crippen molar-refractivity contribution in [1.29, 1.82) is 5.26 Å². The van der Waals surface area contributed by atoms with Gasteiger partial charge in [-0.1, -0.05) is 72.8 Å². The highest BCUT2D eigenvalue weighted by atomic mass is 16.5. The maximum absolute atomic E-state index is 9.57. The van der Waals surface area contributed by atoms with Crippen molar-refractivity contribution in [3.05, 3.63) is 144 Å². The van der Waals surface area contributed by atoms with Crippen LogP contribution in [0, 0.1) is 17.9 Å². The van der Waals surface area contributed by atoms with Crippen molar-refractivity contribution >= 4 is 66.4 Å². The Morgan fingerprint density at radius 2 is 1.20 bits per heavy atom. The van der Waals surface area contributed by atoms with E-state index >= 15 is 0 Å². The number of benzene rings is 7. The Morgan fingerprint density at radius 3 is 1.87 bits per heavy atom. The Labute approximate surface area is 263 Å². The van der Waals surface area contributed by atoms with Crippen molar-refractivity contribution in [3.8, 4) is 28.7 Å². The van der Waals surface area contributed by atoms with Gasteiger partial charge in [-0.3, -0.25) is 0 Å². The topological polar surface area (TPSA) is 66.4 Å². The van der Waals surface area contributed by atoms with E-state index in [-0.39, 0.29) is 5.69 Å². The molecular weight excluding hydrogens is 566 g/mol.